The minimum Gasteiger partial charge on any atom is -0.478 e. The minimum atomic E-state index is -0.922. The summed E-state index contributed by atoms with van der Waals surface area (Å²) in [5, 5.41) is 10.7. The highest BCUT2D eigenvalue weighted by molar-refractivity contribution is 7.07. The summed E-state index contributed by atoms with van der Waals surface area (Å²) in [6.45, 7) is 1.10. The normalized spacial score (nSPS) is 13.9. The second-order valence-electron chi connectivity index (χ2n) is 4.64. The first-order valence-electron chi connectivity index (χ1n) is 6.17. The molecule has 1 N–H and O–H groups in total. The van der Waals surface area contributed by atoms with Crippen LogP contribution in [0.25, 0.3) is 0 Å². The number of carboxylic acid groups (broad SMARTS) is 1. The molecule has 20 heavy (non-hydrogen) atoms. The predicted molar refractivity (Wildman–Crippen MR) is 74.0 cm³/mol. The summed E-state index contributed by atoms with van der Waals surface area (Å²) < 4.78 is 0. The van der Waals surface area contributed by atoms with E-state index in [1.807, 2.05) is 0 Å². The van der Waals surface area contributed by atoms with Crippen LogP contribution in [0, 0.1) is 0 Å². The van der Waals surface area contributed by atoms with Crippen LogP contribution in [0.1, 0.15) is 32.0 Å². The van der Waals surface area contributed by atoms with Gasteiger partial charge in [0.2, 0.25) is 0 Å². The summed E-state index contributed by atoms with van der Waals surface area (Å²) in [7, 11) is 0. The van der Waals surface area contributed by atoms with Gasteiger partial charge in [0, 0.05) is 18.5 Å². The molecule has 0 bridgehead atoms. The molecule has 3 rings (SSSR count). The predicted octanol–water partition coefficient (Wildman–Crippen LogP) is 2.04. The van der Waals surface area contributed by atoms with E-state index in [9.17, 15) is 9.59 Å². The lowest BCUT2D eigenvalue weighted by atomic mass is 9.97. The lowest BCUT2D eigenvalue weighted by molar-refractivity contribution is 0.0691. The van der Waals surface area contributed by atoms with E-state index in [4.69, 9.17) is 5.11 Å². The Labute approximate surface area is 119 Å². The van der Waals surface area contributed by atoms with Crippen molar-refractivity contribution < 1.29 is 14.7 Å². The standard InChI is InChI=1S/C14H12N2O3S/c17-13(12-7-20-8-15-12)16-4-3-9-5-10(14(18)19)1-2-11(9)6-16/h1-2,5,7-8H,3-4,6H2,(H,18,19). The number of aromatic nitrogens is 1. The second kappa shape index (κ2) is 5.05. The lowest BCUT2D eigenvalue weighted by Crippen LogP contribution is -2.36. The molecule has 0 saturated heterocycles. The number of nitrogens with zero attached hydrogens (tertiary/aromatic N) is 2. The minimum absolute atomic E-state index is 0.0702. The van der Waals surface area contributed by atoms with Crippen LogP contribution >= 0.6 is 11.3 Å². The zero-order valence-corrected chi connectivity index (χ0v) is 11.4. The van der Waals surface area contributed by atoms with E-state index in [0.29, 0.717) is 30.8 Å². The lowest BCUT2D eigenvalue weighted by Gasteiger charge is -2.28. The van der Waals surface area contributed by atoms with E-state index in [2.05, 4.69) is 4.98 Å². The van der Waals surface area contributed by atoms with E-state index in [1.165, 1.54) is 11.3 Å². The van der Waals surface area contributed by atoms with Crippen LogP contribution in [-0.2, 0) is 13.0 Å². The summed E-state index contributed by atoms with van der Waals surface area (Å²) in [4.78, 5) is 28.9. The second-order valence-corrected chi connectivity index (χ2v) is 5.36. The van der Waals surface area contributed by atoms with Gasteiger partial charge in [-0.15, -0.1) is 11.3 Å². The average Bonchev–Trinajstić information content (AvgIpc) is 2.99. The van der Waals surface area contributed by atoms with Crippen molar-refractivity contribution in [3.8, 4) is 0 Å². The zero-order valence-electron chi connectivity index (χ0n) is 10.6. The topological polar surface area (TPSA) is 70.5 Å². The molecular weight excluding hydrogens is 276 g/mol. The highest BCUT2D eigenvalue weighted by Gasteiger charge is 2.23. The van der Waals surface area contributed by atoms with Gasteiger partial charge in [0.05, 0.1) is 11.1 Å². The van der Waals surface area contributed by atoms with E-state index < -0.39 is 5.97 Å². The van der Waals surface area contributed by atoms with Crippen molar-refractivity contribution in [1.82, 2.24) is 9.88 Å². The first kappa shape index (κ1) is 12.8. The average molecular weight is 288 g/mol. The van der Waals surface area contributed by atoms with Crippen LogP contribution in [-0.4, -0.2) is 33.4 Å². The Hall–Kier alpha value is -2.21. The number of hydrogen-bond donors (Lipinski definition) is 1. The number of hydrogen-bond acceptors (Lipinski definition) is 4. The van der Waals surface area contributed by atoms with Gasteiger partial charge in [-0.2, -0.15) is 0 Å². The molecule has 2 aromatic rings. The maximum absolute atomic E-state index is 12.2. The molecule has 6 heteroatoms. The van der Waals surface area contributed by atoms with Crippen molar-refractivity contribution in [2.75, 3.05) is 6.54 Å². The summed E-state index contributed by atoms with van der Waals surface area (Å²) >= 11 is 1.40. The molecule has 102 valence electrons. The maximum atomic E-state index is 12.2. The van der Waals surface area contributed by atoms with Crippen LogP contribution in [0.3, 0.4) is 0 Å². The smallest absolute Gasteiger partial charge is 0.335 e. The molecule has 0 atom stereocenters. The van der Waals surface area contributed by atoms with Gasteiger partial charge >= 0.3 is 5.97 Å². The Kier molecular flexibility index (Phi) is 3.23. The molecular formula is C14H12N2O3S. The van der Waals surface area contributed by atoms with Gasteiger partial charge in [0.15, 0.2) is 0 Å². The molecule has 1 aliphatic heterocycles. The molecule has 0 saturated carbocycles. The summed E-state index contributed by atoms with van der Waals surface area (Å²) in [6.07, 6.45) is 0.673. The van der Waals surface area contributed by atoms with Gasteiger partial charge in [-0.1, -0.05) is 6.07 Å². The van der Waals surface area contributed by atoms with Gasteiger partial charge in [0.25, 0.3) is 5.91 Å². The summed E-state index contributed by atoms with van der Waals surface area (Å²) in [5.41, 5.74) is 4.42. The van der Waals surface area contributed by atoms with Gasteiger partial charge in [-0.25, -0.2) is 9.78 Å². The number of benzene rings is 1. The van der Waals surface area contributed by atoms with E-state index in [0.717, 1.165) is 11.1 Å². The largest absolute Gasteiger partial charge is 0.478 e. The first-order chi connectivity index (χ1) is 9.65. The van der Waals surface area contributed by atoms with Crippen LogP contribution in [0.15, 0.2) is 29.1 Å². The maximum Gasteiger partial charge on any atom is 0.335 e. The molecule has 1 amide bonds. The molecule has 1 aromatic carbocycles. The number of carbonyl (C=O) groups excluding carboxylic acids is 1. The van der Waals surface area contributed by atoms with E-state index >= 15 is 0 Å². The molecule has 5 nitrogen and oxygen atoms in total. The Balaban J connectivity index is 1.82. The van der Waals surface area contributed by atoms with Crippen LogP contribution in [0.4, 0.5) is 0 Å². The third-order valence-electron chi connectivity index (χ3n) is 3.40. The van der Waals surface area contributed by atoms with Crippen molar-refractivity contribution in [3.05, 3.63) is 51.5 Å². The molecule has 2 heterocycles. The number of carboxylic acids is 1. The van der Waals surface area contributed by atoms with E-state index in [1.54, 1.807) is 34.0 Å². The Morgan fingerprint density at radius 1 is 1.30 bits per heavy atom. The molecule has 0 aliphatic carbocycles. The zero-order chi connectivity index (χ0) is 14.1. The number of thiazole rings is 1. The number of amides is 1. The van der Waals surface area contributed by atoms with Crippen molar-refractivity contribution in [3.63, 3.8) is 0 Å². The Bertz CT molecular complexity index is 667. The third-order valence-corrected chi connectivity index (χ3v) is 3.99. The SMILES string of the molecule is O=C(O)c1ccc2c(c1)CCN(C(=O)c1cscn1)C2. The first-order valence-corrected chi connectivity index (χ1v) is 7.12. The quantitative estimate of drug-likeness (QED) is 0.918. The van der Waals surface area contributed by atoms with Crippen molar-refractivity contribution in [1.29, 1.82) is 0 Å². The van der Waals surface area contributed by atoms with Gasteiger partial charge < -0.3 is 10.0 Å². The Morgan fingerprint density at radius 3 is 2.85 bits per heavy atom. The molecule has 0 unspecified atom stereocenters. The fourth-order valence-corrected chi connectivity index (χ4v) is 2.87. The molecule has 1 aromatic heterocycles. The fourth-order valence-electron chi connectivity index (χ4n) is 2.34. The summed E-state index contributed by atoms with van der Waals surface area (Å²) in [5.74, 6) is -0.993. The van der Waals surface area contributed by atoms with Crippen LogP contribution < -0.4 is 0 Å². The summed E-state index contributed by atoms with van der Waals surface area (Å²) in [6, 6.07) is 5.07. The van der Waals surface area contributed by atoms with Crippen LogP contribution in [0.2, 0.25) is 0 Å². The van der Waals surface area contributed by atoms with Crippen molar-refractivity contribution in [2.45, 2.75) is 13.0 Å². The van der Waals surface area contributed by atoms with E-state index in [-0.39, 0.29) is 5.91 Å². The third kappa shape index (κ3) is 2.30. The molecule has 0 spiro atoms. The molecule has 1 aliphatic rings. The van der Waals surface area contributed by atoms with Crippen molar-refractivity contribution in [2.24, 2.45) is 0 Å². The highest BCUT2D eigenvalue weighted by Crippen LogP contribution is 2.22. The van der Waals surface area contributed by atoms with Crippen LogP contribution in [0.5, 0.6) is 0 Å². The number of fused-ring (bicyclic) bond motifs is 1. The van der Waals surface area contributed by atoms with Gasteiger partial charge in [-0.3, -0.25) is 4.79 Å². The molecule has 0 fully saturated rings. The Morgan fingerprint density at radius 2 is 2.15 bits per heavy atom. The molecule has 0 radical (unpaired) electrons. The van der Waals surface area contributed by atoms with Gasteiger partial charge in [-0.05, 0) is 29.7 Å². The number of rotatable bonds is 2. The number of carbonyl (C=O) groups is 2. The fraction of sp³-hybridized carbons (Fsp3) is 0.214. The highest BCUT2D eigenvalue weighted by atomic mass is 32.1. The number of aromatic carboxylic acids is 1. The van der Waals surface area contributed by atoms with Gasteiger partial charge in [0.1, 0.15) is 5.69 Å². The monoisotopic (exact) mass is 288 g/mol. The van der Waals surface area contributed by atoms with Crippen molar-refractivity contribution >= 4 is 23.2 Å².